The zero-order valence-electron chi connectivity index (χ0n) is 9.72. The lowest BCUT2D eigenvalue weighted by Crippen LogP contribution is -2.19. The van der Waals surface area contributed by atoms with E-state index in [2.05, 4.69) is 32.9 Å². The lowest BCUT2D eigenvalue weighted by molar-refractivity contribution is 0.255. The van der Waals surface area contributed by atoms with Crippen LogP contribution in [0.1, 0.15) is 39.0 Å². The van der Waals surface area contributed by atoms with Gasteiger partial charge in [-0.3, -0.25) is 0 Å². The Balaban J connectivity index is 2.75. The third-order valence-electron chi connectivity index (χ3n) is 3.03. The van der Waals surface area contributed by atoms with Gasteiger partial charge in [0.2, 0.25) is 5.88 Å². The second-order valence-corrected chi connectivity index (χ2v) is 5.09. The minimum atomic E-state index is 0.292. The standard InChI is InChI=1S/C11H20N2O/c1-7(11(3,4)5)6-9-8(2)10(12)14-13-9/h7H,6,12H2,1-5H3. The highest BCUT2D eigenvalue weighted by Gasteiger charge is 2.22. The summed E-state index contributed by atoms with van der Waals surface area (Å²) in [5.74, 6) is 1.01. The van der Waals surface area contributed by atoms with Crippen molar-refractivity contribution in [2.24, 2.45) is 11.3 Å². The van der Waals surface area contributed by atoms with E-state index in [1.807, 2.05) is 6.92 Å². The normalized spacial score (nSPS) is 14.4. The van der Waals surface area contributed by atoms with Crippen LogP contribution >= 0.6 is 0 Å². The number of nitrogen functional groups attached to an aromatic ring is 1. The molecule has 0 aromatic carbocycles. The van der Waals surface area contributed by atoms with E-state index < -0.39 is 0 Å². The average molecular weight is 196 g/mol. The van der Waals surface area contributed by atoms with E-state index in [1.54, 1.807) is 0 Å². The maximum Gasteiger partial charge on any atom is 0.225 e. The molecule has 80 valence electrons. The quantitative estimate of drug-likeness (QED) is 0.791. The monoisotopic (exact) mass is 196 g/mol. The summed E-state index contributed by atoms with van der Waals surface area (Å²) in [6.07, 6.45) is 0.927. The zero-order chi connectivity index (χ0) is 10.9. The summed E-state index contributed by atoms with van der Waals surface area (Å²) in [6.45, 7) is 10.9. The summed E-state index contributed by atoms with van der Waals surface area (Å²) in [6, 6.07) is 0. The first kappa shape index (κ1) is 11.1. The molecule has 0 aliphatic rings. The second-order valence-electron chi connectivity index (χ2n) is 5.09. The van der Waals surface area contributed by atoms with Gasteiger partial charge in [0.05, 0.1) is 5.69 Å². The van der Waals surface area contributed by atoms with E-state index in [0.29, 0.717) is 17.2 Å². The molecule has 3 heteroatoms. The minimum Gasteiger partial charge on any atom is -0.367 e. The summed E-state index contributed by atoms with van der Waals surface area (Å²) in [5.41, 5.74) is 7.87. The Morgan fingerprint density at radius 1 is 1.43 bits per heavy atom. The van der Waals surface area contributed by atoms with Crippen LogP contribution in [0.25, 0.3) is 0 Å². The Morgan fingerprint density at radius 2 is 2.00 bits per heavy atom. The molecule has 0 aliphatic carbocycles. The van der Waals surface area contributed by atoms with E-state index in [4.69, 9.17) is 10.3 Å². The summed E-state index contributed by atoms with van der Waals surface area (Å²) >= 11 is 0. The predicted molar refractivity (Wildman–Crippen MR) is 58.0 cm³/mol. The topological polar surface area (TPSA) is 52.0 Å². The number of hydrogen-bond donors (Lipinski definition) is 1. The first-order valence-electron chi connectivity index (χ1n) is 5.03. The first-order valence-corrected chi connectivity index (χ1v) is 5.03. The number of rotatable bonds is 2. The molecule has 1 heterocycles. The van der Waals surface area contributed by atoms with Crippen LogP contribution in [-0.4, -0.2) is 5.16 Å². The molecule has 1 atom stereocenters. The van der Waals surface area contributed by atoms with Gasteiger partial charge in [0.25, 0.3) is 0 Å². The Bertz CT molecular complexity index is 310. The van der Waals surface area contributed by atoms with Crippen LogP contribution in [-0.2, 0) is 6.42 Å². The fourth-order valence-electron chi connectivity index (χ4n) is 1.17. The summed E-state index contributed by atoms with van der Waals surface area (Å²) in [5, 5.41) is 3.97. The van der Waals surface area contributed by atoms with Crippen LogP contribution < -0.4 is 5.73 Å². The van der Waals surface area contributed by atoms with Gasteiger partial charge in [-0.15, -0.1) is 0 Å². The highest BCUT2D eigenvalue weighted by atomic mass is 16.5. The van der Waals surface area contributed by atoms with Crippen molar-refractivity contribution in [2.45, 2.75) is 41.0 Å². The number of nitrogens with two attached hydrogens (primary N) is 1. The Morgan fingerprint density at radius 3 is 2.36 bits per heavy atom. The molecule has 0 saturated heterocycles. The molecule has 0 radical (unpaired) electrons. The number of nitrogens with zero attached hydrogens (tertiary/aromatic N) is 1. The van der Waals surface area contributed by atoms with Gasteiger partial charge in [0, 0.05) is 5.56 Å². The van der Waals surface area contributed by atoms with E-state index in [-0.39, 0.29) is 0 Å². The van der Waals surface area contributed by atoms with Crippen molar-refractivity contribution in [2.75, 3.05) is 5.73 Å². The largest absolute Gasteiger partial charge is 0.367 e. The van der Waals surface area contributed by atoms with Gasteiger partial charge >= 0.3 is 0 Å². The van der Waals surface area contributed by atoms with Crippen LogP contribution in [0, 0.1) is 18.3 Å². The molecule has 0 fully saturated rings. The molecule has 0 saturated carbocycles. The van der Waals surface area contributed by atoms with Crippen LogP contribution in [0.4, 0.5) is 5.88 Å². The average Bonchev–Trinajstić information content (AvgIpc) is 2.34. The first-order chi connectivity index (χ1) is 6.32. The van der Waals surface area contributed by atoms with E-state index in [9.17, 15) is 0 Å². The van der Waals surface area contributed by atoms with Crippen molar-refractivity contribution in [3.05, 3.63) is 11.3 Å². The third kappa shape index (κ3) is 2.28. The third-order valence-corrected chi connectivity index (χ3v) is 3.03. The van der Waals surface area contributed by atoms with Crippen LogP contribution in [0.5, 0.6) is 0 Å². The molecule has 14 heavy (non-hydrogen) atoms. The SMILES string of the molecule is Cc1c(CC(C)C(C)(C)C)noc1N. The smallest absolute Gasteiger partial charge is 0.225 e. The van der Waals surface area contributed by atoms with Crippen LogP contribution in [0.3, 0.4) is 0 Å². The number of hydrogen-bond acceptors (Lipinski definition) is 3. The maximum atomic E-state index is 5.60. The van der Waals surface area contributed by atoms with Gasteiger partial charge in [0.1, 0.15) is 0 Å². The second kappa shape index (κ2) is 3.64. The minimum absolute atomic E-state index is 0.292. The Hall–Kier alpha value is -0.990. The van der Waals surface area contributed by atoms with Crippen LogP contribution in [0.2, 0.25) is 0 Å². The Kier molecular flexibility index (Phi) is 2.88. The predicted octanol–water partition coefficient (Wildman–Crippen LogP) is 2.79. The van der Waals surface area contributed by atoms with Gasteiger partial charge in [-0.2, -0.15) is 0 Å². The molecule has 0 spiro atoms. The Labute approximate surface area is 85.7 Å². The van der Waals surface area contributed by atoms with E-state index in [1.165, 1.54) is 0 Å². The molecule has 1 aromatic rings. The van der Waals surface area contributed by atoms with Gasteiger partial charge in [-0.1, -0.05) is 32.9 Å². The number of anilines is 1. The van der Waals surface area contributed by atoms with E-state index >= 15 is 0 Å². The van der Waals surface area contributed by atoms with Gasteiger partial charge in [-0.25, -0.2) is 0 Å². The fraction of sp³-hybridized carbons (Fsp3) is 0.727. The number of aromatic nitrogens is 1. The molecule has 1 aromatic heterocycles. The van der Waals surface area contributed by atoms with E-state index in [0.717, 1.165) is 17.7 Å². The molecule has 0 aliphatic heterocycles. The van der Waals surface area contributed by atoms with Crippen molar-refractivity contribution in [3.63, 3.8) is 0 Å². The molecule has 0 bridgehead atoms. The molecular weight excluding hydrogens is 176 g/mol. The highest BCUT2D eigenvalue weighted by Crippen LogP contribution is 2.29. The van der Waals surface area contributed by atoms with Crippen molar-refractivity contribution in [1.82, 2.24) is 5.16 Å². The molecular formula is C11H20N2O. The molecule has 3 nitrogen and oxygen atoms in total. The van der Waals surface area contributed by atoms with Gasteiger partial charge in [0.15, 0.2) is 0 Å². The maximum absolute atomic E-state index is 5.60. The highest BCUT2D eigenvalue weighted by molar-refractivity contribution is 5.37. The molecule has 2 N–H and O–H groups in total. The zero-order valence-corrected chi connectivity index (χ0v) is 9.72. The van der Waals surface area contributed by atoms with Crippen molar-refractivity contribution in [1.29, 1.82) is 0 Å². The molecule has 1 rings (SSSR count). The van der Waals surface area contributed by atoms with Crippen LogP contribution in [0.15, 0.2) is 4.52 Å². The summed E-state index contributed by atoms with van der Waals surface area (Å²) < 4.78 is 4.94. The summed E-state index contributed by atoms with van der Waals surface area (Å²) in [4.78, 5) is 0. The van der Waals surface area contributed by atoms with Gasteiger partial charge < -0.3 is 10.3 Å². The molecule has 1 unspecified atom stereocenters. The van der Waals surface area contributed by atoms with Crippen molar-refractivity contribution in [3.8, 4) is 0 Å². The fourth-order valence-corrected chi connectivity index (χ4v) is 1.17. The van der Waals surface area contributed by atoms with Crippen molar-refractivity contribution < 1.29 is 4.52 Å². The van der Waals surface area contributed by atoms with Crippen molar-refractivity contribution >= 4 is 5.88 Å². The lowest BCUT2D eigenvalue weighted by atomic mass is 9.79. The van der Waals surface area contributed by atoms with Gasteiger partial charge in [-0.05, 0) is 24.7 Å². The molecule has 0 amide bonds. The lowest BCUT2D eigenvalue weighted by Gasteiger charge is -2.26. The summed E-state index contributed by atoms with van der Waals surface area (Å²) in [7, 11) is 0.